The first kappa shape index (κ1) is 11.9. The van der Waals surface area contributed by atoms with Crippen molar-refractivity contribution in [2.75, 3.05) is 5.75 Å². The molecule has 0 saturated heterocycles. The number of hydrogen-bond donors (Lipinski definition) is 0. The minimum absolute atomic E-state index is 0.0736. The van der Waals surface area contributed by atoms with Gasteiger partial charge in [-0.25, -0.2) is 4.98 Å². The van der Waals surface area contributed by atoms with Crippen LogP contribution in [0.25, 0.3) is 5.52 Å². The molecule has 0 radical (unpaired) electrons. The average Bonchev–Trinajstić information content (AvgIpc) is 2.94. The summed E-state index contributed by atoms with van der Waals surface area (Å²) in [6, 6.07) is 9.23. The number of thioether (sulfide) groups is 1. The van der Waals surface area contributed by atoms with Gasteiger partial charge in [-0.2, -0.15) is 5.10 Å². The Morgan fingerprint density at radius 2 is 2.05 bits per heavy atom. The van der Waals surface area contributed by atoms with E-state index in [2.05, 4.69) is 15.2 Å². The molecule has 0 unspecified atom stereocenters. The van der Waals surface area contributed by atoms with Crippen LogP contribution in [0, 0.1) is 0 Å². The zero-order chi connectivity index (χ0) is 13.1. The third-order valence-electron chi connectivity index (χ3n) is 2.63. The van der Waals surface area contributed by atoms with E-state index < -0.39 is 0 Å². The standard InChI is InChI=1S/C13H10N4OS/c18-12(10-4-2-1-3-5-10)8-19-13-16-15-7-11-6-14-9-17(11)13/h1-7,9H,8H2. The van der Waals surface area contributed by atoms with Gasteiger partial charge < -0.3 is 0 Å². The minimum Gasteiger partial charge on any atom is -0.293 e. The van der Waals surface area contributed by atoms with Crippen molar-refractivity contribution in [3.05, 3.63) is 54.6 Å². The van der Waals surface area contributed by atoms with Crippen molar-refractivity contribution in [3.8, 4) is 0 Å². The molecule has 0 aliphatic heterocycles. The largest absolute Gasteiger partial charge is 0.293 e. The van der Waals surface area contributed by atoms with Crippen molar-refractivity contribution in [1.29, 1.82) is 0 Å². The van der Waals surface area contributed by atoms with E-state index in [0.29, 0.717) is 16.5 Å². The maximum absolute atomic E-state index is 12.0. The van der Waals surface area contributed by atoms with Crippen LogP contribution in [0.15, 0.2) is 54.2 Å². The SMILES string of the molecule is O=C(CSc1nncc2cncn12)c1ccccc1. The summed E-state index contributed by atoms with van der Waals surface area (Å²) in [6.07, 6.45) is 5.01. The van der Waals surface area contributed by atoms with Crippen LogP contribution in [0.5, 0.6) is 0 Å². The lowest BCUT2D eigenvalue weighted by atomic mass is 10.2. The Bertz CT molecular complexity index is 711. The van der Waals surface area contributed by atoms with E-state index in [-0.39, 0.29) is 5.78 Å². The van der Waals surface area contributed by atoms with Gasteiger partial charge in [-0.1, -0.05) is 42.1 Å². The summed E-state index contributed by atoms with van der Waals surface area (Å²) < 4.78 is 1.82. The molecule has 3 aromatic rings. The van der Waals surface area contributed by atoms with Crippen LogP contribution in [-0.4, -0.2) is 31.1 Å². The highest BCUT2D eigenvalue weighted by Crippen LogP contribution is 2.17. The van der Waals surface area contributed by atoms with Crippen molar-refractivity contribution < 1.29 is 4.79 Å². The number of ketones is 1. The Balaban J connectivity index is 1.76. The minimum atomic E-state index is 0.0736. The van der Waals surface area contributed by atoms with E-state index >= 15 is 0 Å². The van der Waals surface area contributed by atoms with Crippen molar-refractivity contribution in [2.24, 2.45) is 0 Å². The first-order valence-corrected chi connectivity index (χ1v) is 6.68. The average molecular weight is 270 g/mol. The fourth-order valence-corrected chi connectivity index (χ4v) is 2.51. The number of hydrogen-bond acceptors (Lipinski definition) is 5. The molecule has 1 aromatic carbocycles. The molecule has 2 heterocycles. The van der Waals surface area contributed by atoms with Crippen molar-refractivity contribution in [1.82, 2.24) is 19.6 Å². The second-order valence-electron chi connectivity index (χ2n) is 3.89. The Morgan fingerprint density at radius 3 is 2.89 bits per heavy atom. The molecule has 0 spiro atoms. The van der Waals surface area contributed by atoms with Crippen LogP contribution >= 0.6 is 11.8 Å². The number of carbonyl (C=O) groups excluding carboxylic acids is 1. The zero-order valence-electron chi connectivity index (χ0n) is 9.93. The smallest absolute Gasteiger partial charge is 0.196 e. The number of carbonyl (C=O) groups is 1. The third kappa shape index (κ3) is 2.48. The van der Waals surface area contributed by atoms with Gasteiger partial charge in [-0.15, -0.1) is 5.10 Å². The lowest BCUT2D eigenvalue weighted by Crippen LogP contribution is -2.04. The van der Waals surface area contributed by atoms with Crippen LogP contribution in [0.1, 0.15) is 10.4 Å². The molecule has 19 heavy (non-hydrogen) atoms. The molecule has 5 nitrogen and oxygen atoms in total. The summed E-state index contributed by atoms with van der Waals surface area (Å²) in [5.41, 5.74) is 1.57. The van der Waals surface area contributed by atoms with Crippen LogP contribution in [0.4, 0.5) is 0 Å². The molecule has 0 aliphatic carbocycles. The monoisotopic (exact) mass is 270 g/mol. The Kier molecular flexibility index (Phi) is 3.24. The van der Waals surface area contributed by atoms with Gasteiger partial charge in [-0.05, 0) is 0 Å². The summed E-state index contributed by atoms with van der Waals surface area (Å²) in [5, 5.41) is 8.59. The van der Waals surface area contributed by atoms with Gasteiger partial charge >= 0.3 is 0 Å². The summed E-state index contributed by atoms with van der Waals surface area (Å²) >= 11 is 1.36. The predicted molar refractivity (Wildman–Crippen MR) is 72.3 cm³/mol. The maximum Gasteiger partial charge on any atom is 0.196 e. The Morgan fingerprint density at radius 1 is 1.21 bits per heavy atom. The summed E-state index contributed by atoms with van der Waals surface area (Å²) in [4.78, 5) is 16.0. The number of fused-ring (bicyclic) bond motifs is 1. The molecular formula is C13H10N4OS. The lowest BCUT2D eigenvalue weighted by Gasteiger charge is -2.02. The molecule has 0 N–H and O–H groups in total. The van der Waals surface area contributed by atoms with Crippen molar-refractivity contribution >= 4 is 23.1 Å². The zero-order valence-corrected chi connectivity index (χ0v) is 10.7. The number of benzene rings is 1. The highest BCUT2D eigenvalue weighted by molar-refractivity contribution is 7.99. The maximum atomic E-state index is 12.0. The molecule has 3 rings (SSSR count). The normalized spacial score (nSPS) is 10.7. The summed E-state index contributed by atoms with van der Waals surface area (Å²) in [7, 11) is 0. The quantitative estimate of drug-likeness (QED) is 0.536. The van der Waals surface area contributed by atoms with Crippen LogP contribution in [-0.2, 0) is 0 Å². The molecule has 2 aromatic heterocycles. The van der Waals surface area contributed by atoms with E-state index in [0.717, 1.165) is 5.52 Å². The molecule has 0 bridgehead atoms. The van der Waals surface area contributed by atoms with Gasteiger partial charge in [0.05, 0.1) is 23.7 Å². The number of rotatable bonds is 4. The van der Waals surface area contributed by atoms with Crippen LogP contribution in [0.2, 0.25) is 0 Å². The van der Waals surface area contributed by atoms with Gasteiger partial charge in [0.2, 0.25) is 0 Å². The highest BCUT2D eigenvalue weighted by Gasteiger charge is 2.09. The molecule has 6 heteroatoms. The Labute approximate surface area is 113 Å². The van der Waals surface area contributed by atoms with Gasteiger partial charge in [0.25, 0.3) is 0 Å². The van der Waals surface area contributed by atoms with E-state index in [1.54, 1.807) is 18.7 Å². The molecule has 0 aliphatic rings. The second-order valence-corrected chi connectivity index (χ2v) is 4.84. The number of Topliss-reactive ketones (excluding diaryl/α,β-unsaturated/α-hetero) is 1. The van der Waals surface area contributed by atoms with Gasteiger partial charge in [0, 0.05) is 5.56 Å². The van der Waals surface area contributed by atoms with E-state index in [4.69, 9.17) is 0 Å². The predicted octanol–water partition coefficient (Wildman–Crippen LogP) is 2.10. The van der Waals surface area contributed by atoms with Gasteiger partial charge in [0.1, 0.15) is 6.33 Å². The molecular weight excluding hydrogens is 260 g/mol. The van der Waals surface area contributed by atoms with E-state index in [9.17, 15) is 4.79 Å². The molecule has 0 fully saturated rings. The topological polar surface area (TPSA) is 60.2 Å². The summed E-state index contributed by atoms with van der Waals surface area (Å²) in [6.45, 7) is 0. The number of aromatic nitrogens is 4. The Hall–Kier alpha value is -2.21. The van der Waals surface area contributed by atoms with Crippen molar-refractivity contribution in [2.45, 2.75) is 5.16 Å². The molecule has 94 valence electrons. The fraction of sp³-hybridized carbons (Fsp3) is 0.0769. The van der Waals surface area contributed by atoms with Crippen LogP contribution in [0.3, 0.4) is 0 Å². The number of nitrogens with zero attached hydrogens (tertiary/aromatic N) is 4. The number of imidazole rings is 1. The van der Waals surface area contributed by atoms with Crippen LogP contribution < -0.4 is 0 Å². The second kappa shape index (κ2) is 5.19. The van der Waals surface area contributed by atoms with Gasteiger partial charge in [0.15, 0.2) is 10.9 Å². The molecule has 0 amide bonds. The lowest BCUT2D eigenvalue weighted by molar-refractivity contribution is 0.102. The molecule has 0 atom stereocenters. The van der Waals surface area contributed by atoms with Crippen molar-refractivity contribution in [3.63, 3.8) is 0 Å². The van der Waals surface area contributed by atoms with Gasteiger partial charge in [-0.3, -0.25) is 9.20 Å². The molecule has 0 saturated carbocycles. The fourth-order valence-electron chi connectivity index (χ4n) is 1.68. The first-order chi connectivity index (χ1) is 9.34. The first-order valence-electron chi connectivity index (χ1n) is 5.69. The third-order valence-corrected chi connectivity index (χ3v) is 3.58. The van der Waals surface area contributed by atoms with E-state index in [1.807, 2.05) is 34.7 Å². The van der Waals surface area contributed by atoms with E-state index in [1.165, 1.54) is 11.8 Å². The highest BCUT2D eigenvalue weighted by atomic mass is 32.2. The summed E-state index contributed by atoms with van der Waals surface area (Å²) in [5.74, 6) is 0.403.